The standard InChI is InChI=1S/C27H31N3O4/c1-16-14-22(34-6)17(2)13-19(16)25(31)23-24(30(12-11-28(3)4)27(33)26(23)32)20-15-29(5)21-10-8-7-9-18(20)21/h7-10,13-15,24,31H,11-12H2,1-6H3/b25-23+. The molecular weight excluding hydrogens is 430 g/mol. The Kier molecular flexibility index (Phi) is 6.23. The first-order valence-corrected chi connectivity index (χ1v) is 11.3. The lowest BCUT2D eigenvalue weighted by molar-refractivity contribution is -0.140. The average molecular weight is 462 g/mol. The van der Waals surface area contributed by atoms with Crippen LogP contribution in [0.25, 0.3) is 16.7 Å². The third-order valence-corrected chi connectivity index (χ3v) is 6.55. The zero-order valence-electron chi connectivity index (χ0n) is 20.5. The Morgan fingerprint density at radius 1 is 1.12 bits per heavy atom. The number of carbonyl (C=O) groups excluding carboxylic acids is 2. The predicted octanol–water partition coefficient (Wildman–Crippen LogP) is 3.79. The van der Waals surface area contributed by atoms with Gasteiger partial charge in [0.05, 0.1) is 18.7 Å². The van der Waals surface area contributed by atoms with E-state index in [1.807, 2.05) is 81.0 Å². The summed E-state index contributed by atoms with van der Waals surface area (Å²) in [7, 11) is 7.38. The quantitative estimate of drug-likeness (QED) is 0.344. The second-order valence-electron chi connectivity index (χ2n) is 9.15. The highest BCUT2D eigenvalue weighted by atomic mass is 16.5. The number of amides is 1. The van der Waals surface area contributed by atoms with Gasteiger partial charge in [0, 0.05) is 48.4 Å². The SMILES string of the molecule is COc1cc(C)c(/C(O)=C2\C(=O)C(=O)N(CCN(C)C)C2c2cn(C)c3ccccc23)cc1C. The number of carbonyl (C=O) groups is 2. The van der Waals surface area contributed by atoms with Crippen molar-refractivity contribution in [2.75, 3.05) is 34.3 Å². The van der Waals surface area contributed by atoms with Gasteiger partial charge in [0.25, 0.3) is 11.7 Å². The van der Waals surface area contributed by atoms with Crippen LogP contribution in [0.15, 0.2) is 48.2 Å². The zero-order valence-corrected chi connectivity index (χ0v) is 20.5. The minimum atomic E-state index is -0.687. The molecule has 1 N–H and O–H groups in total. The summed E-state index contributed by atoms with van der Waals surface area (Å²) in [5.41, 5.74) is 4.05. The highest BCUT2D eigenvalue weighted by Crippen LogP contribution is 2.43. The summed E-state index contributed by atoms with van der Waals surface area (Å²) < 4.78 is 7.39. The van der Waals surface area contributed by atoms with Gasteiger partial charge in [-0.15, -0.1) is 0 Å². The molecule has 2 heterocycles. The molecule has 7 heteroatoms. The molecule has 2 aromatic carbocycles. The van der Waals surface area contributed by atoms with Crippen LogP contribution in [0, 0.1) is 13.8 Å². The third-order valence-electron chi connectivity index (χ3n) is 6.55. The zero-order chi connectivity index (χ0) is 24.7. The largest absolute Gasteiger partial charge is 0.507 e. The number of aliphatic hydroxyl groups excluding tert-OH is 1. The number of benzene rings is 2. The third kappa shape index (κ3) is 3.86. The summed E-state index contributed by atoms with van der Waals surface area (Å²) in [6, 6.07) is 10.8. The van der Waals surface area contributed by atoms with E-state index in [1.165, 1.54) is 0 Å². The molecule has 178 valence electrons. The lowest BCUT2D eigenvalue weighted by Gasteiger charge is -2.26. The number of methoxy groups -OCH3 is 1. The van der Waals surface area contributed by atoms with E-state index in [4.69, 9.17) is 4.74 Å². The highest BCUT2D eigenvalue weighted by Gasteiger charge is 2.47. The molecule has 1 atom stereocenters. The fraction of sp³-hybridized carbons (Fsp3) is 0.333. The van der Waals surface area contributed by atoms with Crippen molar-refractivity contribution in [1.82, 2.24) is 14.4 Å². The number of fused-ring (bicyclic) bond motifs is 1. The van der Waals surface area contributed by atoms with E-state index in [1.54, 1.807) is 18.1 Å². The molecule has 1 unspecified atom stereocenters. The van der Waals surface area contributed by atoms with Gasteiger partial charge in [-0.05, 0) is 57.3 Å². The lowest BCUT2D eigenvalue weighted by Crippen LogP contribution is -2.35. The van der Waals surface area contributed by atoms with Crippen molar-refractivity contribution in [3.8, 4) is 5.75 Å². The van der Waals surface area contributed by atoms with Crippen LogP contribution in [-0.4, -0.2) is 65.5 Å². The Hall–Kier alpha value is -3.58. The van der Waals surface area contributed by atoms with Crippen LogP contribution >= 0.6 is 0 Å². The molecule has 1 amide bonds. The number of hydrogen-bond donors (Lipinski definition) is 1. The van der Waals surface area contributed by atoms with E-state index in [2.05, 4.69) is 0 Å². The number of likely N-dealkylation sites (N-methyl/N-ethyl adjacent to an activating group) is 1. The van der Waals surface area contributed by atoms with Gasteiger partial charge in [-0.1, -0.05) is 18.2 Å². The molecule has 1 saturated heterocycles. The normalized spacial score (nSPS) is 17.9. The molecule has 1 aromatic heterocycles. The van der Waals surface area contributed by atoms with Crippen molar-refractivity contribution < 1.29 is 19.4 Å². The number of aromatic nitrogens is 1. The Morgan fingerprint density at radius 3 is 2.50 bits per heavy atom. The van der Waals surface area contributed by atoms with Crippen molar-refractivity contribution in [1.29, 1.82) is 0 Å². The van der Waals surface area contributed by atoms with Gasteiger partial charge in [-0.3, -0.25) is 9.59 Å². The Morgan fingerprint density at radius 2 is 1.82 bits per heavy atom. The molecule has 7 nitrogen and oxygen atoms in total. The van der Waals surface area contributed by atoms with Crippen LogP contribution in [-0.2, 0) is 16.6 Å². The van der Waals surface area contributed by atoms with E-state index in [9.17, 15) is 14.7 Å². The van der Waals surface area contributed by atoms with Crippen LogP contribution in [0.3, 0.4) is 0 Å². The summed E-state index contributed by atoms with van der Waals surface area (Å²) in [6.07, 6.45) is 1.95. The van der Waals surface area contributed by atoms with Gasteiger partial charge < -0.3 is 24.2 Å². The van der Waals surface area contributed by atoms with Crippen molar-refractivity contribution in [2.45, 2.75) is 19.9 Å². The first-order chi connectivity index (χ1) is 16.1. The van der Waals surface area contributed by atoms with Gasteiger partial charge in [0.1, 0.15) is 11.5 Å². The Balaban J connectivity index is 1.97. The van der Waals surface area contributed by atoms with Gasteiger partial charge in [0.2, 0.25) is 0 Å². The second kappa shape index (κ2) is 8.99. The van der Waals surface area contributed by atoms with E-state index >= 15 is 0 Å². The average Bonchev–Trinajstić information content (AvgIpc) is 3.26. The maximum absolute atomic E-state index is 13.4. The van der Waals surface area contributed by atoms with E-state index < -0.39 is 17.7 Å². The van der Waals surface area contributed by atoms with Crippen LogP contribution in [0.1, 0.15) is 28.3 Å². The van der Waals surface area contributed by atoms with Crippen LogP contribution < -0.4 is 4.74 Å². The first-order valence-electron chi connectivity index (χ1n) is 11.3. The van der Waals surface area contributed by atoms with Crippen LogP contribution in [0.5, 0.6) is 5.75 Å². The number of aryl methyl sites for hydroxylation is 3. The van der Waals surface area contributed by atoms with Crippen molar-refractivity contribution in [3.63, 3.8) is 0 Å². The first kappa shape index (κ1) is 23.6. The van der Waals surface area contributed by atoms with Gasteiger partial charge in [0.15, 0.2) is 0 Å². The predicted molar refractivity (Wildman–Crippen MR) is 133 cm³/mol. The Labute approximate surface area is 199 Å². The fourth-order valence-electron chi connectivity index (χ4n) is 4.74. The van der Waals surface area contributed by atoms with Gasteiger partial charge >= 0.3 is 0 Å². The molecule has 0 aliphatic carbocycles. The lowest BCUT2D eigenvalue weighted by atomic mass is 9.93. The van der Waals surface area contributed by atoms with Crippen molar-refractivity contribution >= 4 is 28.4 Å². The number of rotatable bonds is 6. The van der Waals surface area contributed by atoms with E-state index in [0.717, 1.165) is 27.6 Å². The number of para-hydroxylation sites is 1. The number of Topliss-reactive ketones (excluding diaryl/α,β-unsaturated/α-hetero) is 1. The molecule has 1 fully saturated rings. The minimum Gasteiger partial charge on any atom is -0.507 e. The summed E-state index contributed by atoms with van der Waals surface area (Å²) in [5, 5.41) is 12.4. The summed E-state index contributed by atoms with van der Waals surface area (Å²) in [5.74, 6) is -0.718. The molecule has 1 aliphatic rings. The molecule has 3 aromatic rings. The number of hydrogen-bond acceptors (Lipinski definition) is 5. The minimum absolute atomic E-state index is 0.118. The fourth-order valence-corrected chi connectivity index (χ4v) is 4.74. The van der Waals surface area contributed by atoms with Crippen molar-refractivity contribution in [2.24, 2.45) is 7.05 Å². The second-order valence-corrected chi connectivity index (χ2v) is 9.15. The summed E-state index contributed by atoms with van der Waals surface area (Å²) >= 11 is 0. The number of ketones is 1. The van der Waals surface area contributed by atoms with Crippen LogP contribution in [0.4, 0.5) is 0 Å². The molecule has 1 aliphatic heterocycles. The van der Waals surface area contributed by atoms with Gasteiger partial charge in [-0.2, -0.15) is 0 Å². The van der Waals surface area contributed by atoms with Gasteiger partial charge in [-0.25, -0.2) is 0 Å². The summed E-state index contributed by atoms with van der Waals surface area (Å²) in [4.78, 5) is 30.1. The molecule has 0 saturated carbocycles. The van der Waals surface area contributed by atoms with E-state index in [0.29, 0.717) is 24.4 Å². The topological polar surface area (TPSA) is 75.0 Å². The number of nitrogens with zero attached hydrogens (tertiary/aromatic N) is 3. The van der Waals surface area contributed by atoms with Crippen molar-refractivity contribution in [3.05, 3.63) is 70.4 Å². The molecule has 0 spiro atoms. The molecule has 0 bridgehead atoms. The highest BCUT2D eigenvalue weighted by molar-refractivity contribution is 6.46. The maximum Gasteiger partial charge on any atom is 0.295 e. The van der Waals surface area contributed by atoms with E-state index in [-0.39, 0.29) is 11.3 Å². The molecule has 34 heavy (non-hydrogen) atoms. The molecular formula is C27H31N3O4. The monoisotopic (exact) mass is 461 g/mol. The molecule has 4 rings (SSSR count). The number of likely N-dealkylation sites (tertiary alicyclic amines) is 1. The summed E-state index contributed by atoms with van der Waals surface area (Å²) in [6.45, 7) is 4.69. The molecule has 0 radical (unpaired) electrons. The van der Waals surface area contributed by atoms with Crippen LogP contribution in [0.2, 0.25) is 0 Å². The number of ether oxygens (including phenoxy) is 1. The smallest absolute Gasteiger partial charge is 0.295 e. The number of aliphatic hydroxyl groups is 1. The Bertz CT molecular complexity index is 1320. The maximum atomic E-state index is 13.4.